The first-order valence-electron chi connectivity index (χ1n) is 5.58. The zero-order valence-corrected chi connectivity index (χ0v) is 10.8. The number of nitrogens with zero attached hydrogens (tertiary/aromatic N) is 1. The molecule has 3 nitrogen and oxygen atoms in total. The van der Waals surface area contributed by atoms with E-state index >= 15 is 0 Å². The quantitative estimate of drug-likeness (QED) is 0.908. The number of halogens is 2. The smallest absolute Gasteiger partial charge is 0.254 e. The summed E-state index contributed by atoms with van der Waals surface area (Å²) in [7, 11) is 0. The Hall–Kier alpha value is -1.68. The highest BCUT2D eigenvalue weighted by molar-refractivity contribution is 6.31. The summed E-state index contributed by atoms with van der Waals surface area (Å²) in [6.45, 7) is 3.58. The van der Waals surface area contributed by atoms with Crippen molar-refractivity contribution in [2.75, 3.05) is 0 Å². The van der Waals surface area contributed by atoms with Crippen LogP contribution >= 0.6 is 11.6 Å². The van der Waals surface area contributed by atoms with Gasteiger partial charge in [-0.3, -0.25) is 4.79 Å². The van der Waals surface area contributed by atoms with Gasteiger partial charge in [0.1, 0.15) is 11.6 Å². The van der Waals surface area contributed by atoms with E-state index in [9.17, 15) is 9.18 Å². The number of aromatic amines is 1. The maximum absolute atomic E-state index is 13.1. The number of benzene rings is 1. The first-order valence-corrected chi connectivity index (χ1v) is 5.96. The van der Waals surface area contributed by atoms with Gasteiger partial charge in [-0.25, -0.2) is 9.37 Å². The van der Waals surface area contributed by atoms with Crippen LogP contribution in [0.15, 0.2) is 23.0 Å². The molecule has 1 N–H and O–H groups in total. The molecule has 0 aliphatic heterocycles. The van der Waals surface area contributed by atoms with Crippen LogP contribution in [0.3, 0.4) is 0 Å². The highest BCUT2D eigenvalue weighted by atomic mass is 35.5. The number of hydrogen-bond donors (Lipinski definition) is 1. The standard InChI is InChI=1S/C13H12ClFN2O/c1-3-11-16-12(7(2)13(18)17-11)8-4-5-10(15)9(14)6-8/h4-6H,3H2,1-2H3,(H,16,17,18). The van der Waals surface area contributed by atoms with Crippen LogP contribution in [0.5, 0.6) is 0 Å². The Bertz CT molecular complexity index is 652. The van der Waals surface area contributed by atoms with Gasteiger partial charge in [-0.1, -0.05) is 18.5 Å². The number of H-pyrrole nitrogens is 1. The summed E-state index contributed by atoms with van der Waals surface area (Å²) in [5.74, 6) is 0.111. The van der Waals surface area contributed by atoms with E-state index in [4.69, 9.17) is 11.6 Å². The number of aromatic nitrogens is 2. The lowest BCUT2D eigenvalue weighted by Gasteiger charge is -2.07. The summed E-state index contributed by atoms with van der Waals surface area (Å²) in [5, 5.41) is 0.0204. The number of nitrogens with one attached hydrogen (secondary N) is 1. The molecule has 2 aromatic rings. The van der Waals surface area contributed by atoms with Crippen LogP contribution in [0, 0.1) is 12.7 Å². The molecule has 0 radical (unpaired) electrons. The largest absolute Gasteiger partial charge is 0.310 e. The molecule has 0 amide bonds. The second-order valence-electron chi connectivity index (χ2n) is 3.97. The first-order chi connectivity index (χ1) is 8.52. The lowest BCUT2D eigenvalue weighted by atomic mass is 10.1. The second kappa shape index (κ2) is 4.90. The van der Waals surface area contributed by atoms with Crippen molar-refractivity contribution in [2.45, 2.75) is 20.3 Å². The predicted octanol–water partition coefficient (Wildman–Crippen LogP) is 3.10. The average Bonchev–Trinajstić information content (AvgIpc) is 2.36. The van der Waals surface area contributed by atoms with Gasteiger partial charge in [0.2, 0.25) is 0 Å². The van der Waals surface area contributed by atoms with Gasteiger partial charge in [0.25, 0.3) is 5.56 Å². The Morgan fingerprint density at radius 1 is 1.44 bits per heavy atom. The van der Waals surface area contributed by atoms with Gasteiger partial charge in [-0.2, -0.15) is 0 Å². The third-order valence-corrected chi connectivity index (χ3v) is 3.02. The maximum Gasteiger partial charge on any atom is 0.254 e. The minimum Gasteiger partial charge on any atom is -0.310 e. The van der Waals surface area contributed by atoms with Crippen LogP contribution < -0.4 is 5.56 Å². The fourth-order valence-corrected chi connectivity index (χ4v) is 1.85. The van der Waals surface area contributed by atoms with Gasteiger partial charge in [0.15, 0.2) is 0 Å². The molecule has 0 atom stereocenters. The van der Waals surface area contributed by atoms with E-state index in [1.807, 2.05) is 6.92 Å². The molecular formula is C13H12ClFN2O. The minimum absolute atomic E-state index is 0.0204. The van der Waals surface area contributed by atoms with E-state index in [0.29, 0.717) is 29.1 Å². The summed E-state index contributed by atoms with van der Waals surface area (Å²) in [4.78, 5) is 18.8. The van der Waals surface area contributed by atoms with E-state index in [2.05, 4.69) is 9.97 Å². The number of rotatable bonds is 2. The zero-order chi connectivity index (χ0) is 13.3. The van der Waals surface area contributed by atoms with Crippen molar-refractivity contribution in [3.8, 4) is 11.3 Å². The third-order valence-electron chi connectivity index (χ3n) is 2.73. The van der Waals surface area contributed by atoms with Crippen molar-refractivity contribution in [3.63, 3.8) is 0 Å². The van der Waals surface area contributed by atoms with Crippen molar-refractivity contribution in [1.82, 2.24) is 9.97 Å². The molecule has 0 bridgehead atoms. The lowest BCUT2D eigenvalue weighted by Crippen LogP contribution is -2.15. The summed E-state index contributed by atoms with van der Waals surface area (Å²) < 4.78 is 13.1. The molecule has 94 valence electrons. The highest BCUT2D eigenvalue weighted by Crippen LogP contribution is 2.24. The topological polar surface area (TPSA) is 45.8 Å². The lowest BCUT2D eigenvalue weighted by molar-refractivity contribution is 0.628. The zero-order valence-electron chi connectivity index (χ0n) is 10.1. The molecule has 0 aliphatic rings. The van der Waals surface area contributed by atoms with E-state index in [1.54, 1.807) is 13.0 Å². The van der Waals surface area contributed by atoms with Crippen LogP contribution in [-0.4, -0.2) is 9.97 Å². The summed E-state index contributed by atoms with van der Waals surface area (Å²) in [6.07, 6.45) is 0.622. The van der Waals surface area contributed by atoms with Gasteiger partial charge in [0, 0.05) is 17.5 Å². The first kappa shape index (κ1) is 12.8. The van der Waals surface area contributed by atoms with Crippen LogP contribution in [0.25, 0.3) is 11.3 Å². The molecule has 1 aromatic carbocycles. The van der Waals surface area contributed by atoms with Crippen LogP contribution in [0.1, 0.15) is 18.3 Å². The Morgan fingerprint density at radius 3 is 2.78 bits per heavy atom. The molecular weight excluding hydrogens is 255 g/mol. The maximum atomic E-state index is 13.1. The van der Waals surface area contributed by atoms with E-state index in [1.165, 1.54) is 12.1 Å². The summed E-state index contributed by atoms with van der Waals surface area (Å²) in [6, 6.07) is 4.31. The normalized spacial score (nSPS) is 10.7. The monoisotopic (exact) mass is 266 g/mol. The molecule has 5 heteroatoms. The summed E-state index contributed by atoms with van der Waals surface area (Å²) in [5.41, 5.74) is 1.49. The number of hydrogen-bond acceptors (Lipinski definition) is 2. The molecule has 0 saturated heterocycles. The van der Waals surface area contributed by atoms with Crippen LogP contribution in [0.4, 0.5) is 4.39 Å². The van der Waals surface area contributed by atoms with Gasteiger partial charge < -0.3 is 4.98 Å². The van der Waals surface area contributed by atoms with Crippen LogP contribution in [0.2, 0.25) is 5.02 Å². The van der Waals surface area contributed by atoms with Gasteiger partial charge in [-0.05, 0) is 25.1 Å². The van der Waals surface area contributed by atoms with Gasteiger partial charge >= 0.3 is 0 Å². The fraction of sp³-hybridized carbons (Fsp3) is 0.231. The molecule has 18 heavy (non-hydrogen) atoms. The van der Waals surface area contributed by atoms with Crippen molar-refractivity contribution >= 4 is 11.6 Å². The van der Waals surface area contributed by atoms with Gasteiger partial charge in [0.05, 0.1) is 10.7 Å². The van der Waals surface area contributed by atoms with Crippen molar-refractivity contribution in [3.05, 3.63) is 50.8 Å². The highest BCUT2D eigenvalue weighted by Gasteiger charge is 2.10. The third kappa shape index (κ3) is 2.29. The molecule has 1 aromatic heterocycles. The molecule has 0 spiro atoms. The predicted molar refractivity (Wildman–Crippen MR) is 69.4 cm³/mol. The van der Waals surface area contributed by atoms with E-state index in [0.717, 1.165) is 0 Å². The number of aryl methyl sites for hydroxylation is 1. The molecule has 2 rings (SSSR count). The Labute approximate surface area is 109 Å². The van der Waals surface area contributed by atoms with Crippen molar-refractivity contribution in [1.29, 1.82) is 0 Å². The molecule has 0 saturated carbocycles. The second-order valence-corrected chi connectivity index (χ2v) is 4.38. The van der Waals surface area contributed by atoms with E-state index < -0.39 is 5.82 Å². The van der Waals surface area contributed by atoms with Crippen LogP contribution in [-0.2, 0) is 6.42 Å². The summed E-state index contributed by atoms with van der Waals surface area (Å²) >= 11 is 5.74. The van der Waals surface area contributed by atoms with Crippen molar-refractivity contribution in [2.24, 2.45) is 0 Å². The molecule has 0 fully saturated rings. The van der Waals surface area contributed by atoms with Gasteiger partial charge in [-0.15, -0.1) is 0 Å². The Morgan fingerprint density at radius 2 is 2.17 bits per heavy atom. The van der Waals surface area contributed by atoms with Crippen molar-refractivity contribution < 1.29 is 4.39 Å². The molecule has 1 heterocycles. The SMILES string of the molecule is CCc1nc(-c2ccc(F)c(Cl)c2)c(C)c(=O)[nH]1. The average molecular weight is 267 g/mol. The fourth-order valence-electron chi connectivity index (χ4n) is 1.67. The Kier molecular flexibility index (Phi) is 3.48. The minimum atomic E-state index is -0.487. The molecule has 0 unspecified atom stereocenters. The Balaban J connectivity index is 2.66. The molecule has 0 aliphatic carbocycles. The van der Waals surface area contributed by atoms with E-state index in [-0.39, 0.29) is 10.6 Å².